The van der Waals surface area contributed by atoms with Gasteiger partial charge in [0.15, 0.2) is 0 Å². The lowest BCUT2D eigenvalue weighted by Crippen LogP contribution is -2.41. The number of pyridine rings is 1. The molecule has 1 amide bonds. The van der Waals surface area contributed by atoms with Crippen molar-refractivity contribution >= 4 is 61.1 Å². The van der Waals surface area contributed by atoms with Crippen LogP contribution in [0.4, 0.5) is 0 Å². The van der Waals surface area contributed by atoms with Crippen LogP contribution in [0.15, 0.2) is 63.6 Å². The number of hydrogen-bond acceptors (Lipinski definition) is 5. The number of para-hydroxylation sites is 1. The quantitative estimate of drug-likeness (QED) is 0.214. The summed E-state index contributed by atoms with van der Waals surface area (Å²) in [4.78, 5) is 22.2. The van der Waals surface area contributed by atoms with Crippen molar-refractivity contribution in [3.05, 3.63) is 91.6 Å². The fraction of sp³-hybridized carbons (Fsp3) is 0.424. The number of sulfonamides is 1. The van der Waals surface area contributed by atoms with Gasteiger partial charge < -0.3 is 14.5 Å². The molecule has 0 N–H and O–H groups in total. The minimum atomic E-state index is -3.68. The van der Waals surface area contributed by atoms with Gasteiger partial charge in [0.25, 0.3) is 10.0 Å². The molecule has 0 saturated carbocycles. The Labute approximate surface area is 283 Å². The van der Waals surface area contributed by atoms with E-state index in [1.807, 2.05) is 46.3 Å². The molecule has 1 aromatic heterocycles. The van der Waals surface area contributed by atoms with E-state index >= 15 is 0 Å². The Hall–Kier alpha value is -2.66. The molecule has 45 heavy (non-hydrogen) atoms. The average Bonchev–Trinajstić information content (AvgIpc) is 3.39. The van der Waals surface area contributed by atoms with E-state index < -0.39 is 10.0 Å². The van der Waals surface area contributed by atoms with Gasteiger partial charge in [-0.25, -0.2) is 8.42 Å². The van der Waals surface area contributed by atoms with Crippen molar-refractivity contribution in [1.29, 1.82) is 0 Å². The lowest BCUT2D eigenvalue weighted by molar-refractivity contribution is -0.133. The number of ether oxygens (including phenoxy) is 1. The maximum Gasteiger partial charge on any atom is 0.308 e. The van der Waals surface area contributed by atoms with Gasteiger partial charge in [-0.3, -0.25) is 9.78 Å². The van der Waals surface area contributed by atoms with E-state index in [0.717, 1.165) is 54.1 Å². The van der Waals surface area contributed by atoms with Crippen molar-refractivity contribution in [2.45, 2.75) is 44.4 Å². The van der Waals surface area contributed by atoms with E-state index in [9.17, 15) is 13.2 Å². The Morgan fingerprint density at radius 3 is 2.47 bits per heavy atom. The summed E-state index contributed by atoms with van der Waals surface area (Å²) in [7, 11) is -3.68. The molecule has 2 fully saturated rings. The molecule has 2 unspecified atom stereocenters. The summed E-state index contributed by atoms with van der Waals surface area (Å²) in [5.41, 5.74) is 4.58. The van der Waals surface area contributed by atoms with E-state index in [0.29, 0.717) is 48.4 Å². The monoisotopic (exact) mass is 732 g/mol. The first-order chi connectivity index (χ1) is 21.5. The Morgan fingerprint density at radius 1 is 1.02 bits per heavy atom. The number of aromatic nitrogens is 1. The molecule has 2 aromatic carbocycles. The standard InChI is InChI=1S/C33H35BrCl2N4O4S/c1-45(42,43)38-33(44-27-5-3-2-4-6-27)40-12-9-21(20-40)15-29(41)39-13-10-22(11-14-39)31-30-23(17-26(35)18-28(30)36)7-8-24-16-25(34)19-37-32(24)31/h2-6,16-19,21-22,31H,7-15,20H2,1H3. The van der Waals surface area contributed by atoms with Gasteiger partial charge in [0.05, 0.1) is 11.9 Å². The van der Waals surface area contributed by atoms with E-state index in [2.05, 4.69) is 26.4 Å². The van der Waals surface area contributed by atoms with Crippen LogP contribution in [-0.2, 0) is 27.7 Å². The second-order valence-corrected chi connectivity index (χ2v) is 15.6. The highest BCUT2D eigenvalue weighted by Crippen LogP contribution is 2.46. The zero-order valence-electron chi connectivity index (χ0n) is 25.0. The summed E-state index contributed by atoms with van der Waals surface area (Å²) in [6.45, 7) is 2.40. The molecule has 2 saturated heterocycles. The Bertz CT molecular complexity index is 1720. The van der Waals surface area contributed by atoms with Crippen LogP contribution in [0, 0.1) is 11.8 Å². The third-order valence-electron chi connectivity index (χ3n) is 9.00. The first-order valence-electron chi connectivity index (χ1n) is 15.2. The van der Waals surface area contributed by atoms with Crippen LogP contribution in [0.2, 0.25) is 10.0 Å². The van der Waals surface area contributed by atoms with Crippen LogP contribution in [0.25, 0.3) is 0 Å². The van der Waals surface area contributed by atoms with E-state index in [1.165, 1.54) is 11.1 Å². The fourth-order valence-electron chi connectivity index (χ4n) is 6.94. The average molecular weight is 735 g/mol. The molecule has 8 nitrogen and oxygen atoms in total. The number of hydrogen-bond donors (Lipinski definition) is 0. The van der Waals surface area contributed by atoms with Crippen LogP contribution in [0.1, 0.15) is 54.0 Å². The van der Waals surface area contributed by atoms with E-state index in [1.54, 1.807) is 12.1 Å². The zero-order chi connectivity index (χ0) is 31.7. The number of rotatable bonds is 5. The smallest absolute Gasteiger partial charge is 0.308 e. The second-order valence-electron chi connectivity index (χ2n) is 12.2. The maximum absolute atomic E-state index is 13.5. The lowest BCUT2D eigenvalue weighted by atomic mass is 9.76. The van der Waals surface area contributed by atoms with Gasteiger partial charge in [-0.15, -0.1) is 4.40 Å². The van der Waals surface area contributed by atoms with Crippen molar-refractivity contribution < 1.29 is 17.9 Å². The number of halogens is 3. The molecule has 0 radical (unpaired) electrons. The number of likely N-dealkylation sites (tertiary alicyclic amines) is 2. The first-order valence-corrected chi connectivity index (χ1v) is 18.6. The van der Waals surface area contributed by atoms with Crippen molar-refractivity contribution in [2.75, 3.05) is 32.4 Å². The lowest BCUT2D eigenvalue weighted by Gasteiger charge is -2.37. The number of carbonyl (C=O) groups excluding carboxylic acids is 1. The second kappa shape index (κ2) is 13.6. The molecule has 2 aliphatic heterocycles. The molecule has 3 aromatic rings. The summed E-state index contributed by atoms with van der Waals surface area (Å²) >= 11 is 16.9. The normalized spacial score (nSPS) is 20.8. The van der Waals surface area contributed by atoms with Crippen LogP contribution in [0.5, 0.6) is 5.75 Å². The van der Waals surface area contributed by atoms with Gasteiger partial charge in [0, 0.05) is 59.2 Å². The Kier molecular flexibility index (Phi) is 9.76. The predicted octanol–water partition coefficient (Wildman–Crippen LogP) is 6.73. The Morgan fingerprint density at radius 2 is 1.73 bits per heavy atom. The van der Waals surface area contributed by atoms with Gasteiger partial charge in [-0.1, -0.05) is 41.4 Å². The SMILES string of the molecule is CS(=O)(=O)N=C(Oc1ccccc1)N1CCC(CC(=O)N2CCC(C3c4ncc(Br)cc4CCc4cc(Cl)cc(Cl)c43)CC2)C1. The van der Waals surface area contributed by atoms with Gasteiger partial charge in [-0.2, -0.15) is 0 Å². The molecule has 6 rings (SSSR count). The van der Waals surface area contributed by atoms with Crippen LogP contribution >= 0.6 is 39.1 Å². The largest absolute Gasteiger partial charge is 0.425 e. The minimum absolute atomic E-state index is 0.0353. The molecule has 2 atom stereocenters. The fourth-order valence-corrected chi connectivity index (χ4v) is 8.41. The van der Waals surface area contributed by atoms with Crippen LogP contribution in [0.3, 0.4) is 0 Å². The molecule has 1 aliphatic carbocycles. The van der Waals surface area contributed by atoms with Gasteiger partial charge in [0.2, 0.25) is 5.91 Å². The molecular formula is C33H35BrCl2N4O4S. The Balaban J connectivity index is 1.12. The van der Waals surface area contributed by atoms with Gasteiger partial charge in [0.1, 0.15) is 5.75 Å². The highest BCUT2D eigenvalue weighted by atomic mass is 79.9. The minimum Gasteiger partial charge on any atom is -0.425 e. The molecule has 0 spiro atoms. The third-order valence-corrected chi connectivity index (χ3v) is 10.4. The summed E-state index contributed by atoms with van der Waals surface area (Å²) in [6, 6.07) is 15.1. The number of piperidine rings is 1. The van der Waals surface area contributed by atoms with E-state index in [-0.39, 0.29) is 29.7 Å². The van der Waals surface area contributed by atoms with Gasteiger partial charge in [-0.05, 0) is 107 Å². The first kappa shape index (κ1) is 32.3. The molecule has 238 valence electrons. The highest BCUT2D eigenvalue weighted by molar-refractivity contribution is 9.10. The number of amidine groups is 1. The molecular weight excluding hydrogens is 699 g/mol. The molecule has 12 heteroatoms. The number of aryl methyl sites for hydroxylation is 2. The summed E-state index contributed by atoms with van der Waals surface area (Å²) in [5, 5.41) is 1.32. The maximum atomic E-state index is 13.5. The summed E-state index contributed by atoms with van der Waals surface area (Å²) < 4.78 is 34.8. The number of benzene rings is 2. The molecule has 0 bridgehead atoms. The summed E-state index contributed by atoms with van der Waals surface area (Å²) in [6.07, 6.45) is 7.46. The van der Waals surface area contributed by atoms with Gasteiger partial charge >= 0.3 is 6.02 Å². The van der Waals surface area contributed by atoms with Crippen molar-refractivity contribution in [3.63, 3.8) is 0 Å². The third kappa shape index (κ3) is 7.67. The molecule has 3 heterocycles. The van der Waals surface area contributed by atoms with Crippen molar-refractivity contribution in [2.24, 2.45) is 16.2 Å². The topological polar surface area (TPSA) is 92.2 Å². The number of carbonyl (C=O) groups is 1. The molecule has 3 aliphatic rings. The predicted molar refractivity (Wildman–Crippen MR) is 181 cm³/mol. The zero-order valence-corrected chi connectivity index (χ0v) is 28.9. The van der Waals surface area contributed by atoms with Crippen molar-refractivity contribution in [1.82, 2.24) is 14.8 Å². The number of fused-ring (bicyclic) bond motifs is 2. The van der Waals surface area contributed by atoms with Crippen LogP contribution < -0.4 is 4.74 Å². The number of amides is 1. The highest BCUT2D eigenvalue weighted by Gasteiger charge is 2.37. The van der Waals surface area contributed by atoms with E-state index in [4.69, 9.17) is 32.9 Å². The number of nitrogens with zero attached hydrogens (tertiary/aromatic N) is 4. The van der Waals surface area contributed by atoms with Crippen molar-refractivity contribution in [3.8, 4) is 5.75 Å². The van der Waals surface area contributed by atoms with Crippen LogP contribution in [-0.4, -0.2) is 67.6 Å². The summed E-state index contributed by atoms with van der Waals surface area (Å²) in [5.74, 6) is 1.02.